The van der Waals surface area contributed by atoms with Crippen LogP contribution in [0.2, 0.25) is 0 Å². The van der Waals surface area contributed by atoms with Crippen molar-refractivity contribution in [2.45, 2.75) is 20.3 Å². The van der Waals surface area contributed by atoms with Crippen LogP contribution in [0.1, 0.15) is 19.4 Å². The van der Waals surface area contributed by atoms with Gasteiger partial charge in [0.05, 0.1) is 6.54 Å². The molecule has 0 saturated carbocycles. The van der Waals surface area contributed by atoms with E-state index in [1.807, 2.05) is 18.9 Å². The van der Waals surface area contributed by atoms with Gasteiger partial charge in [-0.05, 0) is 13.3 Å². The summed E-state index contributed by atoms with van der Waals surface area (Å²) in [6.45, 7) is 5.14. The van der Waals surface area contributed by atoms with Crippen LogP contribution in [0.3, 0.4) is 0 Å². The van der Waals surface area contributed by atoms with Crippen LogP contribution in [0, 0.1) is 0 Å². The zero-order chi connectivity index (χ0) is 14.4. The first-order valence-corrected chi connectivity index (χ1v) is 6.51. The predicted molar refractivity (Wildman–Crippen MR) is 77.5 cm³/mol. The number of rotatable bonds is 6. The maximum Gasteiger partial charge on any atom is 0.241 e. The number of nitrogens with zero attached hydrogens (tertiary/aromatic N) is 4. The Morgan fingerprint density at radius 3 is 2.47 bits per heavy atom. The van der Waals surface area contributed by atoms with Crippen LogP contribution in [0.4, 0.5) is 11.6 Å². The zero-order valence-electron chi connectivity index (χ0n) is 12.4. The Kier molecular flexibility index (Phi) is 5.54. The molecule has 1 amide bonds. The summed E-state index contributed by atoms with van der Waals surface area (Å²) in [5.74, 6) is 1.72. The highest BCUT2D eigenvalue weighted by Gasteiger charge is 2.17. The Bertz CT molecular complexity index is 433. The minimum Gasteiger partial charge on any atom is -0.373 e. The summed E-state index contributed by atoms with van der Waals surface area (Å²) in [4.78, 5) is 24.0. The van der Waals surface area contributed by atoms with E-state index in [1.54, 1.807) is 19.0 Å². The van der Waals surface area contributed by atoms with E-state index in [2.05, 4.69) is 22.2 Å². The highest BCUT2D eigenvalue weighted by atomic mass is 16.2. The van der Waals surface area contributed by atoms with Crippen LogP contribution in [0.5, 0.6) is 0 Å². The molecule has 0 aromatic carbocycles. The fourth-order valence-corrected chi connectivity index (χ4v) is 1.86. The molecule has 0 aliphatic carbocycles. The maximum absolute atomic E-state index is 11.9. The lowest BCUT2D eigenvalue weighted by Gasteiger charge is -2.25. The molecule has 0 unspecified atom stereocenters. The Labute approximate surface area is 114 Å². The molecule has 0 spiro atoms. The molecule has 0 radical (unpaired) electrons. The molecule has 0 bridgehead atoms. The number of amides is 1. The lowest BCUT2D eigenvalue weighted by Crippen LogP contribution is -2.37. The molecule has 106 valence electrons. The Balaban J connectivity index is 3.07. The fraction of sp³-hybridized carbons (Fsp3) is 0.615. The Morgan fingerprint density at radius 1 is 1.32 bits per heavy atom. The molecule has 0 fully saturated rings. The summed E-state index contributed by atoms with van der Waals surface area (Å²) in [6, 6.07) is 0. The highest BCUT2D eigenvalue weighted by Crippen LogP contribution is 2.23. The van der Waals surface area contributed by atoms with E-state index in [9.17, 15) is 4.79 Å². The molecular weight excluding hydrogens is 242 g/mol. The maximum atomic E-state index is 11.9. The minimum absolute atomic E-state index is 0.0634. The molecule has 0 atom stereocenters. The van der Waals surface area contributed by atoms with Crippen molar-refractivity contribution in [3.8, 4) is 0 Å². The van der Waals surface area contributed by atoms with E-state index < -0.39 is 0 Å². The topological polar surface area (TPSA) is 61.4 Å². The summed E-state index contributed by atoms with van der Waals surface area (Å²) in [7, 11) is 5.36. The van der Waals surface area contributed by atoms with Crippen molar-refractivity contribution < 1.29 is 4.79 Å². The smallest absolute Gasteiger partial charge is 0.241 e. The molecule has 19 heavy (non-hydrogen) atoms. The van der Waals surface area contributed by atoms with Crippen LogP contribution in [-0.4, -0.2) is 55.0 Å². The first-order valence-electron chi connectivity index (χ1n) is 6.51. The summed E-state index contributed by atoms with van der Waals surface area (Å²) in [5.41, 5.74) is 1.04. The molecule has 1 rings (SSSR count). The third-order valence-corrected chi connectivity index (χ3v) is 3.02. The van der Waals surface area contributed by atoms with E-state index >= 15 is 0 Å². The molecule has 1 N–H and O–H groups in total. The monoisotopic (exact) mass is 265 g/mol. The van der Waals surface area contributed by atoms with E-state index in [4.69, 9.17) is 0 Å². The van der Waals surface area contributed by atoms with E-state index in [1.165, 1.54) is 6.33 Å². The molecule has 6 heteroatoms. The number of nitrogens with one attached hydrogen (secondary N) is 1. The van der Waals surface area contributed by atoms with Crippen LogP contribution in [0.25, 0.3) is 0 Å². The number of carbonyl (C=O) groups excluding carboxylic acids is 1. The molecule has 1 aromatic heterocycles. The standard InChI is InChI=1S/C13H23N5O/c1-6-10-12(14-3)15-9-16-13(10)18(7-2)8-11(19)17(4)5/h9H,6-8H2,1-5H3,(H,14,15,16). The normalized spacial score (nSPS) is 10.2. The van der Waals surface area contributed by atoms with Gasteiger partial charge < -0.3 is 15.1 Å². The van der Waals surface area contributed by atoms with Gasteiger partial charge in [0.1, 0.15) is 18.0 Å². The molecule has 0 saturated heterocycles. The largest absolute Gasteiger partial charge is 0.373 e. The number of aromatic nitrogens is 2. The lowest BCUT2D eigenvalue weighted by molar-refractivity contribution is -0.127. The van der Waals surface area contributed by atoms with Gasteiger partial charge in [0.15, 0.2) is 0 Å². The molecule has 6 nitrogen and oxygen atoms in total. The molecular formula is C13H23N5O. The summed E-state index contributed by atoms with van der Waals surface area (Å²) >= 11 is 0. The molecule has 0 aliphatic rings. The SMILES string of the molecule is CCc1c(NC)ncnc1N(CC)CC(=O)N(C)C. The third-order valence-electron chi connectivity index (χ3n) is 3.02. The van der Waals surface area contributed by atoms with Crippen LogP contribution in [0.15, 0.2) is 6.33 Å². The number of carbonyl (C=O) groups is 1. The zero-order valence-corrected chi connectivity index (χ0v) is 12.4. The number of likely N-dealkylation sites (N-methyl/N-ethyl adjacent to an activating group) is 2. The van der Waals surface area contributed by atoms with Crippen molar-refractivity contribution in [2.75, 3.05) is 44.4 Å². The number of hydrogen-bond acceptors (Lipinski definition) is 5. The second kappa shape index (κ2) is 6.92. The first kappa shape index (κ1) is 15.2. The Hall–Kier alpha value is -1.85. The van der Waals surface area contributed by atoms with Gasteiger partial charge in [-0.2, -0.15) is 0 Å². The van der Waals surface area contributed by atoms with Crippen molar-refractivity contribution in [1.29, 1.82) is 0 Å². The van der Waals surface area contributed by atoms with Gasteiger partial charge in [0.25, 0.3) is 0 Å². The van der Waals surface area contributed by atoms with Crippen LogP contribution >= 0.6 is 0 Å². The van der Waals surface area contributed by atoms with Crippen molar-refractivity contribution in [2.24, 2.45) is 0 Å². The van der Waals surface area contributed by atoms with Crippen molar-refractivity contribution >= 4 is 17.5 Å². The van der Waals surface area contributed by atoms with Crippen LogP contribution < -0.4 is 10.2 Å². The average Bonchev–Trinajstić information content (AvgIpc) is 2.43. The average molecular weight is 265 g/mol. The Morgan fingerprint density at radius 2 is 2.00 bits per heavy atom. The fourth-order valence-electron chi connectivity index (χ4n) is 1.86. The van der Waals surface area contributed by atoms with E-state index in [0.29, 0.717) is 6.54 Å². The van der Waals surface area contributed by atoms with E-state index in [0.717, 1.165) is 30.2 Å². The quantitative estimate of drug-likeness (QED) is 0.831. The van der Waals surface area contributed by atoms with Gasteiger partial charge in [-0.3, -0.25) is 4.79 Å². The van der Waals surface area contributed by atoms with Crippen molar-refractivity contribution in [1.82, 2.24) is 14.9 Å². The first-order chi connectivity index (χ1) is 9.04. The molecule has 1 heterocycles. The van der Waals surface area contributed by atoms with Crippen molar-refractivity contribution in [3.05, 3.63) is 11.9 Å². The second-order valence-electron chi connectivity index (χ2n) is 4.43. The van der Waals surface area contributed by atoms with Gasteiger partial charge in [0.2, 0.25) is 5.91 Å². The summed E-state index contributed by atoms with van der Waals surface area (Å²) in [6.07, 6.45) is 2.35. The van der Waals surface area contributed by atoms with Gasteiger partial charge >= 0.3 is 0 Å². The minimum atomic E-state index is 0.0634. The number of hydrogen-bond donors (Lipinski definition) is 1. The van der Waals surface area contributed by atoms with Crippen molar-refractivity contribution in [3.63, 3.8) is 0 Å². The van der Waals surface area contributed by atoms with Gasteiger partial charge in [-0.15, -0.1) is 0 Å². The number of anilines is 2. The van der Waals surface area contributed by atoms with E-state index in [-0.39, 0.29) is 5.91 Å². The molecule has 0 aliphatic heterocycles. The van der Waals surface area contributed by atoms with Gasteiger partial charge in [-0.1, -0.05) is 6.92 Å². The summed E-state index contributed by atoms with van der Waals surface area (Å²) in [5, 5.41) is 3.07. The summed E-state index contributed by atoms with van der Waals surface area (Å²) < 4.78 is 0. The highest BCUT2D eigenvalue weighted by molar-refractivity contribution is 5.81. The predicted octanol–water partition coefficient (Wildman–Crippen LogP) is 0.995. The molecule has 1 aromatic rings. The van der Waals surface area contributed by atoms with Gasteiger partial charge in [0, 0.05) is 33.3 Å². The van der Waals surface area contributed by atoms with Gasteiger partial charge in [-0.25, -0.2) is 9.97 Å². The lowest BCUT2D eigenvalue weighted by atomic mass is 10.2. The third kappa shape index (κ3) is 3.56. The second-order valence-corrected chi connectivity index (χ2v) is 4.43. The van der Waals surface area contributed by atoms with Crippen LogP contribution in [-0.2, 0) is 11.2 Å².